The molecule has 312 valence electrons. The zero-order valence-electron chi connectivity index (χ0n) is 36.5. The molecule has 0 bridgehead atoms. The second-order valence-corrected chi connectivity index (χ2v) is 17.9. The van der Waals surface area contributed by atoms with Crippen LogP contribution in [-0.4, -0.2) is 0 Å². The van der Waals surface area contributed by atoms with E-state index >= 15 is 0 Å². The molecule has 2 heteroatoms. The van der Waals surface area contributed by atoms with Crippen molar-refractivity contribution in [3.63, 3.8) is 0 Å². The largest absolute Gasteiger partial charge is 0.456 e. The van der Waals surface area contributed by atoms with Crippen molar-refractivity contribution in [3.8, 4) is 78.3 Å². The molecule has 1 aliphatic heterocycles. The van der Waals surface area contributed by atoms with E-state index in [9.17, 15) is 0 Å². The minimum absolute atomic E-state index is 0.488. The number of fused-ring (bicyclic) bond motifs is 17. The molecule has 2 aliphatic carbocycles. The Morgan fingerprint density at radius 1 is 0.299 bits per heavy atom. The Morgan fingerprint density at radius 3 is 1.51 bits per heavy atom. The summed E-state index contributed by atoms with van der Waals surface area (Å²) in [6.45, 7) is 0. The zero-order chi connectivity index (χ0) is 44.1. The minimum Gasteiger partial charge on any atom is -0.456 e. The highest BCUT2D eigenvalue weighted by Gasteiger charge is 2.51. The van der Waals surface area contributed by atoms with Gasteiger partial charge in [0.05, 0.1) is 11.1 Å². The third kappa shape index (κ3) is 5.51. The monoisotopic (exact) mass is 851 g/mol. The van der Waals surface area contributed by atoms with Crippen LogP contribution >= 0.6 is 0 Å². The van der Waals surface area contributed by atoms with Crippen LogP contribution in [0.15, 0.2) is 249 Å². The van der Waals surface area contributed by atoms with Gasteiger partial charge in [-0.15, -0.1) is 0 Å². The van der Waals surface area contributed by atoms with Crippen molar-refractivity contribution in [2.24, 2.45) is 0 Å². The van der Waals surface area contributed by atoms with Gasteiger partial charge in [0, 0.05) is 28.1 Å². The van der Waals surface area contributed by atoms with Crippen molar-refractivity contribution >= 4 is 27.8 Å². The van der Waals surface area contributed by atoms with Crippen LogP contribution in [0.4, 0.5) is 17.1 Å². The molecule has 1 heterocycles. The third-order valence-corrected chi connectivity index (χ3v) is 14.5. The van der Waals surface area contributed by atoms with E-state index in [2.05, 4.69) is 254 Å². The highest BCUT2D eigenvalue weighted by molar-refractivity contribution is 6.10. The molecule has 1 spiro atoms. The first kappa shape index (κ1) is 37.6. The Balaban J connectivity index is 1.04. The van der Waals surface area contributed by atoms with Crippen LogP contribution in [-0.2, 0) is 5.41 Å². The van der Waals surface area contributed by atoms with Crippen LogP contribution in [0.3, 0.4) is 0 Å². The molecule has 0 radical (unpaired) electrons. The molecule has 0 saturated carbocycles. The van der Waals surface area contributed by atoms with Gasteiger partial charge < -0.3 is 9.64 Å². The summed E-state index contributed by atoms with van der Waals surface area (Å²) in [6.07, 6.45) is 0. The van der Waals surface area contributed by atoms with Gasteiger partial charge in [-0.05, 0) is 132 Å². The fourth-order valence-electron chi connectivity index (χ4n) is 11.7. The normalized spacial score (nSPS) is 13.0. The van der Waals surface area contributed by atoms with Crippen molar-refractivity contribution < 1.29 is 4.74 Å². The second-order valence-electron chi connectivity index (χ2n) is 17.9. The van der Waals surface area contributed by atoms with Crippen molar-refractivity contribution in [1.29, 1.82) is 0 Å². The van der Waals surface area contributed by atoms with E-state index in [1.807, 2.05) is 0 Å². The van der Waals surface area contributed by atoms with Gasteiger partial charge in [-0.25, -0.2) is 0 Å². The Kier molecular flexibility index (Phi) is 8.23. The Morgan fingerprint density at radius 2 is 0.821 bits per heavy atom. The van der Waals surface area contributed by atoms with Crippen molar-refractivity contribution in [2.75, 3.05) is 4.90 Å². The lowest BCUT2D eigenvalue weighted by Crippen LogP contribution is -2.26. The first-order valence-corrected chi connectivity index (χ1v) is 23.2. The molecule has 11 aromatic carbocycles. The summed E-state index contributed by atoms with van der Waals surface area (Å²) in [6, 6.07) is 91.2. The molecule has 0 unspecified atom stereocenters. The number of rotatable bonds is 5. The maximum atomic E-state index is 7.28. The summed E-state index contributed by atoms with van der Waals surface area (Å²) in [4.78, 5) is 2.46. The number of hydrogen-bond acceptors (Lipinski definition) is 2. The molecular formula is C65H41NO. The summed E-state index contributed by atoms with van der Waals surface area (Å²) in [5, 5.41) is 2.38. The molecule has 2 nitrogen and oxygen atoms in total. The maximum absolute atomic E-state index is 7.28. The molecule has 3 aliphatic rings. The number of anilines is 3. The van der Waals surface area contributed by atoms with Crippen LogP contribution in [0.2, 0.25) is 0 Å². The molecule has 11 aromatic rings. The van der Waals surface area contributed by atoms with Gasteiger partial charge >= 0.3 is 0 Å². The predicted octanol–water partition coefficient (Wildman–Crippen LogP) is 17.4. The summed E-state index contributed by atoms with van der Waals surface area (Å²) < 4.78 is 7.28. The Hall–Kier alpha value is -8.72. The Bertz CT molecular complexity index is 3710. The minimum atomic E-state index is -0.488. The molecule has 0 aromatic heterocycles. The van der Waals surface area contributed by atoms with Gasteiger partial charge in [-0.2, -0.15) is 0 Å². The quantitative estimate of drug-likeness (QED) is 0.171. The smallest absolute Gasteiger partial charge is 0.137 e. The van der Waals surface area contributed by atoms with Crippen LogP contribution in [0.1, 0.15) is 22.3 Å². The fraction of sp³-hybridized carbons (Fsp3) is 0.0154. The highest BCUT2D eigenvalue weighted by atomic mass is 16.5. The topological polar surface area (TPSA) is 12.5 Å². The van der Waals surface area contributed by atoms with Gasteiger partial charge in [0.15, 0.2) is 0 Å². The number of hydrogen-bond donors (Lipinski definition) is 0. The summed E-state index contributed by atoms with van der Waals surface area (Å²) in [7, 11) is 0. The van der Waals surface area contributed by atoms with Crippen molar-refractivity contribution in [1.82, 2.24) is 0 Å². The number of nitrogens with zero attached hydrogens (tertiary/aromatic N) is 1. The summed E-state index contributed by atoms with van der Waals surface area (Å²) >= 11 is 0. The van der Waals surface area contributed by atoms with Gasteiger partial charge in [-0.3, -0.25) is 0 Å². The second kappa shape index (κ2) is 14.7. The highest BCUT2D eigenvalue weighted by Crippen LogP contribution is 2.64. The molecule has 67 heavy (non-hydrogen) atoms. The fourth-order valence-corrected chi connectivity index (χ4v) is 11.7. The first-order valence-electron chi connectivity index (χ1n) is 23.2. The van der Waals surface area contributed by atoms with Gasteiger partial charge in [0.1, 0.15) is 11.5 Å². The number of ether oxygens (including phenoxy) is 1. The van der Waals surface area contributed by atoms with Gasteiger partial charge in [-0.1, -0.05) is 200 Å². The van der Waals surface area contributed by atoms with Crippen LogP contribution < -0.4 is 9.64 Å². The number of benzene rings is 11. The van der Waals surface area contributed by atoms with E-state index in [4.69, 9.17) is 4.74 Å². The maximum Gasteiger partial charge on any atom is 0.137 e. The summed E-state index contributed by atoms with van der Waals surface area (Å²) in [5.41, 5.74) is 22.1. The van der Waals surface area contributed by atoms with E-state index in [1.54, 1.807) is 0 Å². The third-order valence-electron chi connectivity index (χ3n) is 14.5. The molecular weight excluding hydrogens is 811 g/mol. The Labute approximate surface area is 390 Å². The van der Waals surface area contributed by atoms with Crippen molar-refractivity contribution in [2.45, 2.75) is 5.41 Å². The van der Waals surface area contributed by atoms with E-state index < -0.39 is 5.41 Å². The van der Waals surface area contributed by atoms with E-state index in [-0.39, 0.29) is 0 Å². The van der Waals surface area contributed by atoms with Crippen molar-refractivity contribution in [3.05, 3.63) is 271 Å². The van der Waals surface area contributed by atoms with Crippen LogP contribution in [0, 0.1) is 0 Å². The molecule has 14 rings (SSSR count). The SMILES string of the molecule is c1ccc(-c2ccc(N(c3ccc4c(c3)C3(c5ccccc5-c5ccccc53)c3ccccc3-4)c3cccc4c3-c3ccc5ccccc5c3-c3ccc(-c5ccccc5)cc3O4)cc2)cc1. The van der Waals surface area contributed by atoms with Crippen LogP contribution in [0.5, 0.6) is 11.5 Å². The standard InChI is InChI=1S/C65H41NO/c1-3-16-42(17-4-1)44-30-34-47(35-31-44)66(48-36-39-53-52-24-11-14-27-58(52)65(59(53)41-48)56-25-12-9-22-50(56)51-23-10-13-26-57(51)65)60-28-15-29-61-64(60)55-38-32-45-20-7-8-21-49(45)63(55)54-37-33-46(40-62(54)67-61)43-18-5-2-6-19-43/h1-41H. The molecule has 0 atom stereocenters. The lowest BCUT2D eigenvalue weighted by Gasteiger charge is -2.33. The lowest BCUT2D eigenvalue weighted by atomic mass is 9.70. The van der Waals surface area contributed by atoms with Gasteiger partial charge in [0.2, 0.25) is 0 Å². The zero-order valence-corrected chi connectivity index (χ0v) is 36.5. The van der Waals surface area contributed by atoms with E-state index in [0.29, 0.717) is 0 Å². The molecule has 0 saturated heterocycles. The molecule has 0 N–H and O–H groups in total. The first-order chi connectivity index (χ1) is 33.2. The van der Waals surface area contributed by atoms with E-state index in [0.717, 1.165) is 56.4 Å². The lowest BCUT2D eigenvalue weighted by molar-refractivity contribution is 0.488. The average molecular weight is 852 g/mol. The summed E-state index contributed by atoms with van der Waals surface area (Å²) in [5.74, 6) is 1.65. The van der Waals surface area contributed by atoms with Crippen LogP contribution in [0.25, 0.3) is 77.5 Å². The predicted molar refractivity (Wildman–Crippen MR) is 277 cm³/mol. The van der Waals surface area contributed by atoms with Gasteiger partial charge in [0.25, 0.3) is 0 Å². The molecule has 0 fully saturated rings. The average Bonchev–Trinajstić information content (AvgIpc) is 3.80. The molecule has 0 amide bonds. The van der Waals surface area contributed by atoms with E-state index in [1.165, 1.54) is 72.0 Å².